The highest BCUT2D eigenvalue weighted by Crippen LogP contribution is 2.42. The molecule has 1 aliphatic heterocycles. The number of carbonyl (C=O) groups is 2. The number of ketones is 1. The number of benzene rings is 1. The minimum Gasteiger partial charge on any atom is -0.507 e. The van der Waals surface area contributed by atoms with E-state index in [1.165, 1.54) is 36.5 Å². The van der Waals surface area contributed by atoms with Crippen LogP contribution in [0.2, 0.25) is 0 Å². The maximum Gasteiger partial charge on any atom is 0.301 e. The first-order valence-corrected chi connectivity index (χ1v) is 8.98. The largest absolute Gasteiger partial charge is 0.507 e. The summed E-state index contributed by atoms with van der Waals surface area (Å²) in [4.78, 5) is 35.3. The van der Waals surface area contributed by atoms with Crippen LogP contribution < -0.4 is 9.64 Å². The zero-order valence-corrected chi connectivity index (χ0v) is 15.8. The summed E-state index contributed by atoms with van der Waals surface area (Å²) in [5.74, 6) is -2.56. The molecule has 0 aliphatic carbocycles. The van der Waals surface area contributed by atoms with Crippen molar-refractivity contribution in [2.24, 2.45) is 0 Å². The molecule has 1 atom stereocenters. The Labute approximate surface area is 171 Å². The number of anilines is 1. The van der Waals surface area contributed by atoms with Crippen molar-refractivity contribution < 1.29 is 23.8 Å². The Morgan fingerprint density at radius 3 is 2.63 bits per heavy atom. The van der Waals surface area contributed by atoms with E-state index in [9.17, 15) is 19.1 Å². The van der Waals surface area contributed by atoms with Gasteiger partial charge in [-0.2, -0.15) is 0 Å². The van der Waals surface area contributed by atoms with E-state index >= 15 is 0 Å². The van der Waals surface area contributed by atoms with Gasteiger partial charge in [0.2, 0.25) is 0 Å². The summed E-state index contributed by atoms with van der Waals surface area (Å²) in [7, 11) is 1.36. The van der Waals surface area contributed by atoms with Crippen molar-refractivity contribution >= 4 is 23.3 Å². The minimum absolute atomic E-state index is 0.0367. The third-order valence-corrected chi connectivity index (χ3v) is 4.76. The summed E-state index contributed by atoms with van der Waals surface area (Å²) < 4.78 is 19.1. The standard InChI is InChI=1S/C22H16FN3O4/c1-30-16-8-7-14(23)11-15(16)20(27)18-19(13-5-4-9-24-12-13)26(22(29)21(18)28)17-6-2-3-10-25-17/h2-12,19,27H,1H3. The number of aliphatic hydroxyl groups is 1. The van der Waals surface area contributed by atoms with Gasteiger partial charge in [0.1, 0.15) is 23.1 Å². The SMILES string of the molecule is COc1ccc(F)cc1C(O)=C1C(=O)C(=O)N(c2ccccn2)C1c1cccnc1. The quantitative estimate of drug-likeness (QED) is 0.407. The number of nitrogens with zero attached hydrogens (tertiary/aromatic N) is 3. The average molecular weight is 405 g/mol. The van der Waals surface area contributed by atoms with Gasteiger partial charge in [-0.25, -0.2) is 9.37 Å². The predicted molar refractivity (Wildman–Crippen MR) is 106 cm³/mol. The van der Waals surface area contributed by atoms with Crippen molar-refractivity contribution in [3.05, 3.63) is 89.6 Å². The summed E-state index contributed by atoms with van der Waals surface area (Å²) in [5, 5.41) is 11.0. The van der Waals surface area contributed by atoms with Crippen molar-refractivity contribution in [3.63, 3.8) is 0 Å². The second-order valence-corrected chi connectivity index (χ2v) is 6.49. The van der Waals surface area contributed by atoms with Gasteiger partial charge < -0.3 is 9.84 Å². The van der Waals surface area contributed by atoms with E-state index in [0.717, 1.165) is 6.07 Å². The lowest BCUT2D eigenvalue weighted by Crippen LogP contribution is -2.30. The second-order valence-electron chi connectivity index (χ2n) is 6.49. The van der Waals surface area contributed by atoms with E-state index < -0.39 is 29.3 Å². The molecule has 0 spiro atoms. The number of amides is 1. The summed E-state index contributed by atoms with van der Waals surface area (Å²) >= 11 is 0. The van der Waals surface area contributed by atoms with Crippen molar-refractivity contribution in [2.75, 3.05) is 12.0 Å². The lowest BCUT2D eigenvalue weighted by Gasteiger charge is -2.24. The fourth-order valence-electron chi connectivity index (χ4n) is 3.43. The first kappa shape index (κ1) is 19.3. The third-order valence-electron chi connectivity index (χ3n) is 4.76. The van der Waals surface area contributed by atoms with E-state index in [0.29, 0.717) is 5.56 Å². The molecule has 1 saturated heterocycles. The smallest absolute Gasteiger partial charge is 0.301 e. The van der Waals surface area contributed by atoms with Gasteiger partial charge in [0.05, 0.1) is 24.3 Å². The number of ether oxygens (including phenoxy) is 1. The van der Waals surface area contributed by atoms with Crippen LogP contribution in [0.25, 0.3) is 5.76 Å². The van der Waals surface area contributed by atoms with Gasteiger partial charge in [0.15, 0.2) is 0 Å². The Balaban J connectivity index is 1.98. The van der Waals surface area contributed by atoms with Gasteiger partial charge in [0, 0.05) is 18.6 Å². The highest BCUT2D eigenvalue weighted by Gasteiger charge is 2.47. The molecule has 1 unspecified atom stereocenters. The Morgan fingerprint density at radius 2 is 1.97 bits per heavy atom. The lowest BCUT2D eigenvalue weighted by molar-refractivity contribution is -0.132. The van der Waals surface area contributed by atoms with Gasteiger partial charge in [-0.05, 0) is 42.0 Å². The first-order valence-electron chi connectivity index (χ1n) is 8.98. The molecule has 3 aromatic rings. The number of carbonyl (C=O) groups excluding carboxylic acids is 2. The molecule has 1 N–H and O–H groups in total. The molecule has 1 aromatic carbocycles. The van der Waals surface area contributed by atoms with Crippen molar-refractivity contribution in [1.29, 1.82) is 0 Å². The highest BCUT2D eigenvalue weighted by molar-refractivity contribution is 6.51. The number of aliphatic hydroxyl groups excluding tert-OH is 1. The first-order chi connectivity index (χ1) is 14.5. The van der Waals surface area contributed by atoms with Crippen LogP contribution in [0.5, 0.6) is 5.75 Å². The van der Waals surface area contributed by atoms with Crippen LogP contribution in [0.4, 0.5) is 10.2 Å². The maximum absolute atomic E-state index is 13.9. The van der Waals surface area contributed by atoms with Crippen LogP contribution in [0, 0.1) is 5.82 Å². The molecule has 0 bridgehead atoms. The monoisotopic (exact) mass is 405 g/mol. The number of rotatable bonds is 4. The Morgan fingerprint density at radius 1 is 1.13 bits per heavy atom. The van der Waals surface area contributed by atoms with E-state index in [1.54, 1.807) is 36.5 Å². The maximum atomic E-state index is 13.9. The third kappa shape index (κ3) is 3.18. The lowest BCUT2D eigenvalue weighted by atomic mass is 9.96. The number of hydrogen-bond acceptors (Lipinski definition) is 6. The summed E-state index contributed by atoms with van der Waals surface area (Å²) in [6.07, 6.45) is 4.53. The van der Waals surface area contributed by atoms with Gasteiger partial charge in [0.25, 0.3) is 5.78 Å². The number of hydrogen-bond donors (Lipinski definition) is 1. The van der Waals surface area contributed by atoms with Crippen molar-refractivity contribution in [1.82, 2.24) is 9.97 Å². The molecular formula is C22H16FN3O4. The van der Waals surface area contributed by atoms with Gasteiger partial charge >= 0.3 is 5.91 Å². The second kappa shape index (κ2) is 7.75. The average Bonchev–Trinajstić information content (AvgIpc) is 3.05. The number of aromatic nitrogens is 2. The molecule has 2 aromatic heterocycles. The zero-order chi connectivity index (χ0) is 21.3. The van der Waals surface area contributed by atoms with E-state index in [4.69, 9.17) is 4.74 Å². The van der Waals surface area contributed by atoms with Crippen LogP contribution >= 0.6 is 0 Å². The molecule has 0 saturated carbocycles. The molecule has 7 nitrogen and oxygen atoms in total. The Bertz CT molecular complexity index is 1150. The molecule has 3 heterocycles. The molecule has 30 heavy (non-hydrogen) atoms. The Kier molecular flexibility index (Phi) is 4.97. The summed E-state index contributed by atoms with van der Waals surface area (Å²) in [6, 6.07) is 10.8. The van der Waals surface area contributed by atoms with Crippen LogP contribution in [-0.4, -0.2) is 33.9 Å². The zero-order valence-electron chi connectivity index (χ0n) is 15.8. The molecule has 1 amide bonds. The van der Waals surface area contributed by atoms with Crippen molar-refractivity contribution in [2.45, 2.75) is 6.04 Å². The fourth-order valence-corrected chi connectivity index (χ4v) is 3.43. The number of Topliss-reactive ketones (excluding diaryl/α,β-unsaturated/α-hetero) is 1. The van der Waals surface area contributed by atoms with Crippen LogP contribution in [0.15, 0.2) is 72.7 Å². The minimum atomic E-state index is -0.999. The van der Waals surface area contributed by atoms with E-state index in [1.807, 2.05) is 0 Å². The number of pyridine rings is 2. The van der Waals surface area contributed by atoms with Gasteiger partial charge in [-0.1, -0.05) is 12.1 Å². The molecule has 1 aliphatic rings. The van der Waals surface area contributed by atoms with E-state index in [2.05, 4.69) is 9.97 Å². The predicted octanol–water partition coefficient (Wildman–Crippen LogP) is 3.25. The molecule has 8 heteroatoms. The van der Waals surface area contributed by atoms with Crippen LogP contribution in [0.1, 0.15) is 17.2 Å². The molecule has 150 valence electrons. The van der Waals surface area contributed by atoms with Gasteiger partial charge in [-0.15, -0.1) is 0 Å². The van der Waals surface area contributed by atoms with Crippen LogP contribution in [-0.2, 0) is 9.59 Å². The van der Waals surface area contributed by atoms with Gasteiger partial charge in [-0.3, -0.25) is 19.5 Å². The molecular weight excluding hydrogens is 389 g/mol. The van der Waals surface area contributed by atoms with Crippen LogP contribution in [0.3, 0.4) is 0 Å². The topological polar surface area (TPSA) is 92.6 Å². The highest BCUT2D eigenvalue weighted by atomic mass is 19.1. The van der Waals surface area contributed by atoms with E-state index in [-0.39, 0.29) is 22.7 Å². The summed E-state index contributed by atoms with van der Waals surface area (Å²) in [6.45, 7) is 0. The molecule has 1 fully saturated rings. The number of halogens is 1. The molecule has 4 rings (SSSR count). The van der Waals surface area contributed by atoms with Crippen molar-refractivity contribution in [3.8, 4) is 5.75 Å². The summed E-state index contributed by atoms with van der Waals surface area (Å²) in [5.41, 5.74) is 0.243. The number of methoxy groups -OCH3 is 1. The fraction of sp³-hybridized carbons (Fsp3) is 0.0909. The normalized spacial score (nSPS) is 17.9. The molecule has 0 radical (unpaired) electrons. The Hall–Kier alpha value is -4.07.